The second-order valence-electron chi connectivity index (χ2n) is 5.19. The molecule has 10 nitrogen and oxygen atoms in total. The van der Waals surface area contributed by atoms with Gasteiger partial charge in [-0.05, 0) is 26.0 Å². The molecule has 0 aliphatic carbocycles. The van der Waals surface area contributed by atoms with Gasteiger partial charge in [-0.15, -0.1) is 0 Å². The number of carbonyl (C=O) groups excluding carboxylic acids is 2. The van der Waals surface area contributed by atoms with E-state index in [1.807, 2.05) is 0 Å². The van der Waals surface area contributed by atoms with Crippen LogP contribution in [0.25, 0.3) is 0 Å². The van der Waals surface area contributed by atoms with E-state index in [2.05, 4.69) is 20.6 Å². The van der Waals surface area contributed by atoms with Gasteiger partial charge in [0, 0.05) is 43.3 Å². The van der Waals surface area contributed by atoms with Crippen molar-refractivity contribution in [2.24, 2.45) is 0 Å². The highest BCUT2D eigenvalue weighted by Gasteiger charge is 2.13. The van der Waals surface area contributed by atoms with Crippen LogP contribution in [0.2, 0.25) is 0 Å². The largest absolute Gasteiger partial charge is 0.399 e. The standard InChI is InChI=1S/C8H9N3O3.C8H11N3O/c1-5-3-6(11(13)14)4-7(10-5)8(12)9-2;1-5-3-6(9)4-7(11-5)8(12)10-2/h3-4H,1-2H3,(H,9,12);3-4H,1-2H3,(H2,9,11)(H,10,12). The van der Waals surface area contributed by atoms with Crippen LogP contribution in [0.5, 0.6) is 0 Å². The summed E-state index contributed by atoms with van der Waals surface area (Å²) < 4.78 is 0. The van der Waals surface area contributed by atoms with Crippen LogP contribution >= 0.6 is 0 Å². The third-order valence-corrected chi connectivity index (χ3v) is 3.04. The predicted octanol–water partition coefficient (Wildman–Crippen LogP) is 0.990. The van der Waals surface area contributed by atoms with Crippen LogP contribution < -0.4 is 16.4 Å². The van der Waals surface area contributed by atoms with E-state index < -0.39 is 10.8 Å². The van der Waals surface area contributed by atoms with E-state index in [4.69, 9.17) is 5.73 Å². The van der Waals surface area contributed by atoms with Gasteiger partial charge in [0.2, 0.25) is 0 Å². The summed E-state index contributed by atoms with van der Waals surface area (Å²) in [6.07, 6.45) is 0. The molecule has 0 saturated carbocycles. The average Bonchev–Trinajstić information content (AvgIpc) is 2.59. The SMILES string of the molecule is CNC(=O)c1cc(N)cc(C)n1.CNC(=O)c1cc([N+](=O)[O-])cc(C)n1. The van der Waals surface area contributed by atoms with Gasteiger partial charge < -0.3 is 16.4 Å². The van der Waals surface area contributed by atoms with Gasteiger partial charge in [0.15, 0.2) is 0 Å². The maximum atomic E-state index is 11.1. The van der Waals surface area contributed by atoms with E-state index >= 15 is 0 Å². The molecule has 0 fully saturated rings. The molecule has 2 amide bonds. The number of amides is 2. The lowest BCUT2D eigenvalue weighted by molar-refractivity contribution is -0.385. The molecule has 2 aromatic rings. The highest BCUT2D eigenvalue weighted by molar-refractivity contribution is 5.93. The maximum Gasteiger partial charge on any atom is 0.273 e. The summed E-state index contributed by atoms with van der Waals surface area (Å²) in [4.78, 5) is 40.0. The van der Waals surface area contributed by atoms with Gasteiger partial charge >= 0.3 is 0 Å². The van der Waals surface area contributed by atoms with Crippen LogP contribution in [-0.4, -0.2) is 40.8 Å². The van der Waals surface area contributed by atoms with Crippen LogP contribution in [0, 0.1) is 24.0 Å². The zero-order valence-electron chi connectivity index (χ0n) is 14.9. The van der Waals surface area contributed by atoms with Crippen molar-refractivity contribution in [2.75, 3.05) is 19.8 Å². The molecular weight excluding hydrogens is 340 g/mol. The van der Waals surface area contributed by atoms with E-state index in [1.165, 1.54) is 13.1 Å². The number of anilines is 1. The number of nitrogen functional groups attached to an aromatic ring is 1. The molecule has 4 N–H and O–H groups in total. The molecule has 0 spiro atoms. The fraction of sp³-hybridized carbons (Fsp3) is 0.250. The fourth-order valence-corrected chi connectivity index (χ4v) is 1.94. The Morgan fingerprint density at radius 2 is 1.42 bits per heavy atom. The smallest absolute Gasteiger partial charge is 0.273 e. The quantitative estimate of drug-likeness (QED) is 0.545. The molecule has 0 atom stereocenters. The highest BCUT2D eigenvalue weighted by atomic mass is 16.6. The number of aromatic nitrogens is 2. The molecule has 0 aromatic carbocycles. The Morgan fingerprint density at radius 1 is 0.962 bits per heavy atom. The number of hydrogen-bond donors (Lipinski definition) is 3. The van der Waals surface area contributed by atoms with Crippen molar-refractivity contribution >= 4 is 23.2 Å². The normalized spacial score (nSPS) is 9.54. The number of nitrogens with two attached hydrogens (primary N) is 1. The Labute approximate surface area is 150 Å². The summed E-state index contributed by atoms with van der Waals surface area (Å²) in [5, 5.41) is 15.3. The van der Waals surface area contributed by atoms with Crippen molar-refractivity contribution in [3.05, 3.63) is 57.2 Å². The lowest BCUT2D eigenvalue weighted by atomic mass is 10.2. The minimum atomic E-state index is -0.554. The number of pyridine rings is 2. The van der Waals surface area contributed by atoms with Gasteiger partial charge in [-0.25, -0.2) is 9.97 Å². The van der Waals surface area contributed by atoms with Gasteiger partial charge in [0.05, 0.1) is 4.92 Å². The van der Waals surface area contributed by atoms with Gasteiger partial charge in [0.1, 0.15) is 11.4 Å². The molecule has 0 aliphatic heterocycles. The second kappa shape index (κ2) is 9.06. The molecule has 2 heterocycles. The Bertz CT molecular complexity index is 817. The first-order valence-corrected chi connectivity index (χ1v) is 7.49. The van der Waals surface area contributed by atoms with Crippen LogP contribution in [0.1, 0.15) is 32.4 Å². The number of hydrogen-bond acceptors (Lipinski definition) is 7. The van der Waals surface area contributed by atoms with Crippen LogP contribution in [0.15, 0.2) is 24.3 Å². The number of nitrogens with zero attached hydrogens (tertiary/aromatic N) is 3. The van der Waals surface area contributed by atoms with Crippen molar-refractivity contribution in [1.82, 2.24) is 20.6 Å². The van der Waals surface area contributed by atoms with Gasteiger partial charge in [0.25, 0.3) is 17.5 Å². The van der Waals surface area contributed by atoms with Crippen molar-refractivity contribution in [3.8, 4) is 0 Å². The fourth-order valence-electron chi connectivity index (χ4n) is 1.94. The van der Waals surface area contributed by atoms with Crippen molar-refractivity contribution in [3.63, 3.8) is 0 Å². The van der Waals surface area contributed by atoms with Crippen LogP contribution in [0.4, 0.5) is 11.4 Å². The molecule has 2 aromatic heterocycles. The number of nitro groups is 1. The molecule has 0 saturated heterocycles. The molecule has 0 bridgehead atoms. The summed E-state index contributed by atoms with van der Waals surface area (Å²) >= 11 is 0. The van der Waals surface area contributed by atoms with Gasteiger partial charge in [-0.2, -0.15) is 0 Å². The summed E-state index contributed by atoms with van der Waals surface area (Å²) in [7, 11) is 3.00. The third kappa shape index (κ3) is 5.82. The van der Waals surface area contributed by atoms with E-state index in [1.54, 1.807) is 33.0 Å². The number of aryl methyl sites for hydroxylation is 2. The first kappa shape index (κ1) is 20.5. The molecule has 138 valence electrons. The number of carbonyl (C=O) groups is 2. The average molecular weight is 360 g/mol. The third-order valence-electron chi connectivity index (χ3n) is 3.04. The van der Waals surface area contributed by atoms with Crippen molar-refractivity contribution in [1.29, 1.82) is 0 Å². The topological polar surface area (TPSA) is 153 Å². The Hall–Kier alpha value is -3.56. The molecule has 0 unspecified atom stereocenters. The van der Waals surface area contributed by atoms with E-state index in [0.29, 0.717) is 17.1 Å². The van der Waals surface area contributed by atoms with Crippen molar-refractivity contribution < 1.29 is 14.5 Å². The molecule has 26 heavy (non-hydrogen) atoms. The van der Waals surface area contributed by atoms with E-state index in [-0.39, 0.29) is 17.3 Å². The highest BCUT2D eigenvalue weighted by Crippen LogP contribution is 2.13. The lowest BCUT2D eigenvalue weighted by Crippen LogP contribution is -2.19. The Balaban J connectivity index is 0.000000263. The monoisotopic (exact) mass is 360 g/mol. The van der Waals surface area contributed by atoms with Gasteiger partial charge in [-0.1, -0.05) is 0 Å². The summed E-state index contributed by atoms with van der Waals surface area (Å²) in [5.74, 6) is -0.651. The van der Waals surface area contributed by atoms with Crippen molar-refractivity contribution in [2.45, 2.75) is 13.8 Å². The lowest BCUT2D eigenvalue weighted by Gasteiger charge is -2.01. The maximum absolute atomic E-state index is 11.1. The molecule has 0 radical (unpaired) electrons. The summed E-state index contributed by atoms with van der Waals surface area (Å²) in [6, 6.07) is 5.72. The molecule has 2 rings (SSSR count). The minimum absolute atomic E-state index is 0.0548. The minimum Gasteiger partial charge on any atom is -0.399 e. The molecular formula is C16H20N6O4. The summed E-state index contributed by atoms with van der Waals surface area (Å²) in [6.45, 7) is 3.39. The van der Waals surface area contributed by atoms with Crippen LogP contribution in [-0.2, 0) is 0 Å². The molecule has 10 heteroatoms. The van der Waals surface area contributed by atoms with Gasteiger partial charge in [-0.3, -0.25) is 19.7 Å². The summed E-state index contributed by atoms with van der Waals surface area (Å²) in [5.41, 5.74) is 7.56. The number of rotatable bonds is 3. The van der Waals surface area contributed by atoms with E-state index in [0.717, 1.165) is 11.8 Å². The first-order valence-electron chi connectivity index (χ1n) is 7.49. The molecule has 0 aliphatic rings. The van der Waals surface area contributed by atoms with Crippen LogP contribution in [0.3, 0.4) is 0 Å². The Kier molecular flexibility index (Phi) is 7.14. The van der Waals surface area contributed by atoms with E-state index in [9.17, 15) is 19.7 Å². The zero-order valence-corrected chi connectivity index (χ0v) is 14.9. The second-order valence-corrected chi connectivity index (χ2v) is 5.19. The first-order chi connectivity index (χ1) is 12.2. The number of nitrogens with one attached hydrogen (secondary N) is 2. The zero-order chi connectivity index (χ0) is 19.9. The predicted molar refractivity (Wildman–Crippen MR) is 95.8 cm³/mol. The Morgan fingerprint density at radius 3 is 1.85 bits per heavy atom.